The first kappa shape index (κ1) is 15.5. The van der Waals surface area contributed by atoms with Gasteiger partial charge in [-0.1, -0.05) is 54.1 Å². The van der Waals surface area contributed by atoms with Gasteiger partial charge in [-0.25, -0.2) is 0 Å². The van der Waals surface area contributed by atoms with Crippen LogP contribution >= 0.6 is 11.6 Å². The Balaban J connectivity index is 1.93. The third kappa shape index (κ3) is 4.59. The van der Waals surface area contributed by atoms with Gasteiger partial charge >= 0.3 is 0 Å². The summed E-state index contributed by atoms with van der Waals surface area (Å²) in [5.41, 5.74) is 8.11. The molecule has 0 aliphatic heterocycles. The molecule has 2 rings (SSSR count). The summed E-state index contributed by atoms with van der Waals surface area (Å²) in [5.74, 6) is -0.0613. The molecule has 21 heavy (non-hydrogen) atoms. The summed E-state index contributed by atoms with van der Waals surface area (Å²) >= 11 is 5.85. The van der Waals surface area contributed by atoms with Crippen LogP contribution in [0.3, 0.4) is 0 Å². The molecule has 0 heterocycles. The summed E-state index contributed by atoms with van der Waals surface area (Å²) in [5, 5.41) is 0.688. The van der Waals surface area contributed by atoms with E-state index < -0.39 is 6.04 Å². The van der Waals surface area contributed by atoms with E-state index in [1.54, 1.807) is 11.9 Å². The molecule has 0 spiro atoms. The summed E-state index contributed by atoms with van der Waals surface area (Å²) in [6.07, 6.45) is 0.546. The first-order valence-electron chi connectivity index (χ1n) is 6.85. The molecule has 0 bridgehead atoms. The third-order valence-electron chi connectivity index (χ3n) is 3.32. The predicted octanol–water partition coefficient (Wildman–Crippen LogP) is 2.87. The zero-order valence-electron chi connectivity index (χ0n) is 12.0. The van der Waals surface area contributed by atoms with Crippen molar-refractivity contribution in [3.63, 3.8) is 0 Å². The van der Waals surface area contributed by atoms with Gasteiger partial charge < -0.3 is 10.6 Å². The molecule has 1 amide bonds. The molecule has 3 nitrogen and oxygen atoms in total. The molecule has 0 fully saturated rings. The molecule has 110 valence electrons. The molecule has 2 aromatic rings. The van der Waals surface area contributed by atoms with Gasteiger partial charge in [-0.05, 0) is 29.7 Å². The van der Waals surface area contributed by atoms with Crippen LogP contribution in [0.4, 0.5) is 0 Å². The molecule has 1 atom stereocenters. The third-order valence-corrected chi connectivity index (χ3v) is 3.58. The smallest absolute Gasteiger partial charge is 0.239 e. The number of nitrogens with zero attached hydrogens (tertiary/aromatic N) is 1. The lowest BCUT2D eigenvalue weighted by atomic mass is 10.1. The van der Waals surface area contributed by atoms with E-state index in [1.807, 2.05) is 54.6 Å². The van der Waals surface area contributed by atoms with Crippen LogP contribution in [-0.4, -0.2) is 23.9 Å². The van der Waals surface area contributed by atoms with E-state index in [1.165, 1.54) is 0 Å². The molecule has 4 heteroatoms. The maximum Gasteiger partial charge on any atom is 0.239 e. The van der Waals surface area contributed by atoms with Crippen molar-refractivity contribution in [2.75, 3.05) is 7.05 Å². The van der Waals surface area contributed by atoms with Gasteiger partial charge in [0.15, 0.2) is 0 Å². The van der Waals surface area contributed by atoms with Crippen molar-refractivity contribution in [2.24, 2.45) is 5.73 Å². The number of hydrogen-bond donors (Lipinski definition) is 1. The molecule has 0 aliphatic rings. The fraction of sp³-hybridized carbons (Fsp3) is 0.235. The highest BCUT2D eigenvalue weighted by atomic mass is 35.5. The summed E-state index contributed by atoms with van der Waals surface area (Å²) in [7, 11) is 1.77. The normalized spacial score (nSPS) is 12.0. The van der Waals surface area contributed by atoms with E-state index in [0.29, 0.717) is 18.0 Å². The maximum absolute atomic E-state index is 12.3. The monoisotopic (exact) mass is 302 g/mol. The lowest BCUT2D eigenvalue weighted by molar-refractivity contribution is -0.131. The second-order valence-corrected chi connectivity index (χ2v) is 5.55. The second-order valence-electron chi connectivity index (χ2n) is 5.12. The van der Waals surface area contributed by atoms with Gasteiger partial charge in [-0.3, -0.25) is 4.79 Å². The van der Waals surface area contributed by atoms with Crippen molar-refractivity contribution >= 4 is 17.5 Å². The van der Waals surface area contributed by atoms with Gasteiger partial charge in [0.25, 0.3) is 0 Å². The van der Waals surface area contributed by atoms with Crippen LogP contribution in [0.5, 0.6) is 0 Å². The highest BCUT2D eigenvalue weighted by molar-refractivity contribution is 6.30. The Morgan fingerprint density at radius 2 is 1.71 bits per heavy atom. The fourth-order valence-corrected chi connectivity index (χ4v) is 2.31. The van der Waals surface area contributed by atoms with Crippen LogP contribution in [-0.2, 0) is 17.8 Å². The van der Waals surface area contributed by atoms with Gasteiger partial charge in [0.1, 0.15) is 0 Å². The van der Waals surface area contributed by atoms with E-state index in [-0.39, 0.29) is 5.91 Å². The molecule has 0 saturated heterocycles. The molecule has 0 aromatic heterocycles. The summed E-state index contributed by atoms with van der Waals surface area (Å²) in [6, 6.07) is 16.7. The molecule has 0 radical (unpaired) electrons. The van der Waals surface area contributed by atoms with E-state index in [0.717, 1.165) is 11.1 Å². The largest absolute Gasteiger partial charge is 0.340 e. The molecular weight excluding hydrogens is 284 g/mol. The zero-order valence-corrected chi connectivity index (χ0v) is 12.8. The van der Waals surface area contributed by atoms with Crippen LogP contribution in [0.25, 0.3) is 0 Å². The number of benzene rings is 2. The molecule has 0 unspecified atom stereocenters. The summed E-state index contributed by atoms with van der Waals surface area (Å²) < 4.78 is 0. The minimum absolute atomic E-state index is 0.0613. The first-order chi connectivity index (χ1) is 10.1. The number of rotatable bonds is 5. The minimum Gasteiger partial charge on any atom is -0.340 e. The van der Waals surface area contributed by atoms with E-state index in [4.69, 9.17) is 17.3 Å². The molecular formula is C17H19ClN2O. The van der Waals surface area contributed by atoms with E-state index in [2.05, 4.69) is 0 Å². The number of halogens is 1. The average molecular weight is 303 g/mol. The van der Waals surface area contributed by atoms with Gasteiger partial charge in [-0.2, -0.15) is 0 Å². The lowest BCUT2D eigenvalue weighted by Gasteiger charge is -2.21. The van der Waals surface area contributed by atoms with Gasteiger partial charge in [0.05, 0.1) is 6.04 Å². The summed E-state index contributed by atoms with van der Waals surface area (Å²) in [6.45, 7) is 0.526. The van der Waals surface area contributed by atoms with Gasteiger partial charge in [0.2, 0.25) is 5.91 Å². The van der Waals surface area contributed by atoms with Crippen LogP contribution in [0.1, 0.15) is 11.1 Å². The number of carbonyl (C=O) groups is 1. The fourth-order valence-electron chi connectivity index (χ4n) is 2.18. The van der Waals surface area contributed by atoms with E-state index in [9.17, 15) is 4.79 Å². The number of hydrogen-bond acceptors (Lipinski definition) is 2. The summed E-state index contributed by atoms with van der Waals surface area (Å²) in [4.78, 5) is 13.9. The van der Waals surface area contributed by atoms with Crippen LogP contribution < -0.4 is 5.73 Å². The SMILES string of the molecule is CN(Cc1ccc(Cl)cc1)C(=O)[C@H](N)Cc1ccccc1. The van der Waals surface area contributed by atoms with Crippen molar-refractivity contribution in [3.05, 3.63) is 70.7 Å². The average Bonchev–Trinajstić information content (AvgIpc) is 2.49. The van der Waals surface area contributed by atoms with Crippen molar-refractivity contribution in [1.29, 1.82) is 0 Å². The Morgan fingerprint density at radius 1 is 1.10 bits per heavy atom. The first-order valence-corrected chi connectivity index (χ1v) is 7.23. The Morgan fingerprint density at radius 3 is 2.33 bits per heavy atom. The van der Waals surface area contributed by atoms with Gasteiger partial charge in [-0.15, -0.1) is 0 Å². The highest BCUT2D eigenvalue weighted by Crippen LogP contribution is 2.12. The van der Waals surface area contributed by atoms with Crippen LogP contribution in [0, 0.1) is 0 Å². The highest BCUT2D eigenvalue weighted by Gasteiger charge is 2.18. The van der Waals surface area contributed by atoms with Crippen LogP contribution in [0.2, 0.25) is 5.02 Å². The predicted molar refractivity (Wildman–Crippen MR) is 86.0 cm³/mol. The number of amides is 1. The molecule has 2 aromatic carbocycles. The number of likely N-dealkylation sites (N-methyl/N-ethyl adjacent to an activating group) is 1. The molecule has 0 aliphatic carbocycles. The molecule has 0 saturated carbocycles. The number of carbonyl (C=O) groups excluding carboxylic acids is 1. The van der Waals surface area contributed by atoms with E-state index >= 15 is 0 Å². The van der Waals surface area contributed by atoms with Crippen molar-refractivity contribution in [3.8, 4) is 0 Å². The lowest BCUT2D eigenvalue weighted by Crippen LogP contribution is -2.42. The zero-order chi connectivity index (χ0) is 15.2. The van der Waals surface area contributed by atoms with Crippen molar-refractivity contribution in [2.45, 2.75) is 19.0 Å². The van der Waals surface area contributed by atoms with Crippen molar-refractivity contribution < 1.29 is 4.79 Å². The second kappa shape index (κ2) is 7.25. The minimum atomic E-state index is -0.523. The Kier molecular flexibility index (Phi) is 5.37. The Labute approximate surface area is 130 Å². The Hall–Kier alpha value is -1.84. The van der Waals surface area contributed by atoms with Gasteiger partial charge in [0, 0.05) is 18.6 Å². The molecule has 2 N–H and O–H groups in total. The quantitative estimate of drug-likeness (QED) is 0.923. The standard InChI is InChI=1S/C17H19ClN2O/c1-20(12-14-7-9-15(18)10-8-14)17(21)16(19)11-13-5-3-2-4-6-13/h2-10,16H,11-12,19H2,1H3/t16-/m1/s1. The maximum atomic E-state index is 12.3. The number of nitrogens with two attached hydrogens (primary N) is 1. The topological polar surface area (TPSA) is 46.3 Å². The Bertz CT molecular complexity index is 583. The van der Waals surface area contributed by atoms with Crippen molar-refractivity contribution in [1.82, 2.24) is 4.90 Å². The van der Waals surface area contributed by atoms with Crippen LogP contribution in [0.15, 0.2) is 54.6 Å².